The Labute approximate surface area is 130 Å². The van der Waals surface area contributed by atoms with Crippen molar-refractivity contribution in [3.8, 4) is 23.0 Å². The van der Waals surface area contributed by atoms with Crippen LogP contribution in [-0.2, 0) is 0 Å². The zero-order valence-electron chi connectivity index (χ0n) is 11.0. The van der Waals surface area contributed by atoms with E-state index in [1.54, 1.807) is 18.3 Å². The number of hydrogen-bond acceptors (Lipinski definition) is 5. The molecule has 0 amide bonds. The smallest absolute Gasteiger partial charge is 0.258 e. The van der Waals surface area contributed by atoms with Gasteiger partial charge in [-0.05, 0) is 30.7 Å². The van der Waals surface area contributed by atoms with Crippen molar-refractivity contribution in [3.05, 3.63) is 46.1 Å². The van der Waals surface area contributed by atoms with Crippen LogP contribution in [0.15, 0.2) is 35.0 Å². The molecule has 0 radical (unpaired) electrons. The predicted molar refractivity (Wildman–Crippen MR) is 82.1 cm³/mol. The van der Waals surface area contributed by atoms with Crippen molar-refractivity contribution >= 4 is 28.9 Å². The molecule has 0 atom stereocenters. The maximum Gasteiger partial charge on any atom is 0.258 e. The molecule has 0 aliphatic carbocycles. The van der Waals surface area contributed by atoms with Gasteiger partial charge in [-0.1, -0.05) is 34.4 Å². The summed E-state index contributed by atoms with van der Waals surface area (Å²) in [5.41, 5.74) is 8.25. The Hall–Kier alpha value is -2.11. The summed E-state index contributed by atoms with van der Waals surface area (Å²) in [6.07, 6.45) is 1.68. The Bertz CT molecular complexity index is 793. The molecule has 2 aromatic heterocycles. The van der Waals surface area contributed by atoms with E-state index in [2.05, 4.69) is 15.1 Å². The van der Waals surface area contributed by atoms with Gasteiger partial charge >= 0.3 is 0 Å². The van der Waals surface area contributed by atoms with Gasteiger partial charge < -0.3 is 10.3 Å². The van der Waals surface area contributed by atoms with E-state index >= 15 is 0 Å². The molecule has 5 nitrogen and oxygen atoms in total. The molecule has 3 rings (SSSR count). The van der Waals surface area contributed by atoms with Crippen LogP contribution in [0.3, 0.4) is 0 Å². The average Bonchev–Trinajstić information content (AvgIpc) is 2.94. The van der Waals surface area contributed by atoms with Gasteiger partial charge in [0, 0.05) is 11.8 Å². The van der Waals surface area contributed by atoms with E-state index in [0.29, 0.717) is 38.7 Å². The number of nitrogens with two attached hydrogens (primary N) is 1. The average molecular weight is 321 g/mol. The van der Waals surface area contributed by atoms with Gasteiger partial charge in [-0.2, -0.15) is 4.98 Å². The topological polar surface area (TPSA) is 77.8 Å². The van der Waals surface area contributed by atoms with Crippen LogP contribution in [0.1, 0.15) is 5.56 Å². The van der Waals surface area contributed by atoms with E-state index in [0.717, 1.165) is 5.56 Å². The zero-order valence-corrected chi connectivity index (χ0v) is 12.5. The highest BCUT2D eigenvalue weighted by molar-refractivity contribution is 6.39. The lowest BCUT2D eigenvalue weighted by Gasteiger charge is -2.02. The van der Waals surface area contributed by atoms with Gasteiger partial charge in [0.05, 0.1) is 15.7 Å². The first-order valence-corrected chi connectivity index (χ1v) is 6.82. The van der Waals surface area contributed by atoms with Crippen LogP contribution in [0.4, 0.5) is 5.69 Å². The van der Waals surface area contributed by atoms with E-state index in [9.17, 15) is 0 Å². The first-order valence-electron chi connectivity index (χ1n) is 6.07. The minimum absolute atomic E-state index is 0.304. The third-order valence-corrected chi connectivity index (χ3v) is 3.60. The molecule has 0 saturated carbocycles. The van der Waals surface area contributed by atoms with Crippen molar-refractivity contribution in [1.82, 2.24) is 15.1 Å². The lowest BCUT2D eigenvalue weighted by Crippen LogP contribution is -1.90. The van der Waals surface area contributed by atoms with E-state index < -0.39 is 0 Å². The fourth-order valence-corrected chi connectivity index (χ4v) is 2.35. The maximum atomic E-state index is 6.01. The van der Waals surface area contributed by atoms with Gasteiger partial charge in [-0.3, -0.25) is 4.98 Å². The fraction of sp³-hybridized carbons (Fsp3) is 0.0714. The van der Waals surface area contributed by atoms with Crippen molar-refractivity contribution in [2.75, 3.05) is 5.73 Å². The van der Waals surface area contributed by atoms with Crippen LogP contribution in [0.25, 0.3) is 23.0 Å². The van der Waals surface area contributed by atoms with Gasteiger partial charge in [0.15, 0.2) is 0 Å². The van der Waals surface area contributed by atoms with E-state index in [1.165, 1.54) is 0 Å². The Morgan fingerprint density at radius 3 is 2.57 bits per heavy atom. The first-order chi connectivity index (χ1) is 10.1. The lowest BCUT2D eigenvalue weighted by atomic mass is 10.2. The molecule has 0 fully saturated rings. The molecule has 3 aromatic rings. The van der Waals surface area contributed by atoms with Crippen LogP contribution in [0.5, 0.6) is 0 Å². The predicted octanol–water partition coefficient (Wildman–Crippen LogP) is 4.00. The molecule has 0 bridgehead atoms. The Morgan fingerprint density at radius 2 is 1.90 bits per heavy atom. The number of aromatic nitrogens is 3. The number of halogens is 2. The first kappa shape index (κ1) is 13.9. The summed E-state index contributed by atoms with van der Waals surface area (Å²) in [5, 5.41) is 4.62. The van der Waals surface area contributed by atoms with Crippen LogP contribution >= 0.6 is 23.2 Å². The standard InChI is InChI=1S/C14H10Cl2N4O/c1-7-3-2-4-18-12(7)13-19-14(21-20-13)8-5-9(15)11(17)10(16)6-8/h2-6H,17H2,1H3. The monoisotopic (exact) mass is 320 g/mol. The highest BCUT2D eigenvalue weighted by Gasteiger charge is 2.15. The maximum absolute atomic E-state index is 6.01. The number of benzene rings is 1. The second-order valence-corrected chi connectivity index (χ2v) is 5.26. The molecule has 7 heteroatoms. The van der Waals surface area contributed by atoms with E-state index in [1.807, 2.05) is 19.1 Å². The van der Waals surface area contributed by atoms with Crippen LogP contribution in [-0.4, -0.2) is 15.1 Å². The van der Waals surface area contributed by atoms with Crippen LogP contribution in [0, 0.1) is 6.92 Å². The molecule has 0 aliphatic heterocycles. The van der Waals surface area contributed by atoms with Gasteiger partial charge in [-0.25, -0.2) is 0 Å². The summed E-state index contributed by atoms with van der Waals surface area (Å²) < 4.78 is 5.25. The van der Waals surface area contributed by atoms with Crippen molar-refractivity contribution in [2.45, 2.75) is 6.92 Å². The highest BCUT2D eigenvalue weighted by atomic mass is 35.5. The van der Waals surface area contributed by atoms with Gasteiger partial charge in [0.2, 0.25) is 5.82 Å². The molecule has 106 valence electrons. The number of nitrogen functional groups attached to an aromatic ring is 1. The SMILES string of the molecule is Cc1cccnc1-c1noc(-c2cc(Cl)c(N)c(Cl)c2)n1. The normalized spacial score (nSPS) is 10.8. The summed E-state index contributed by atoms with van der Waals surface area (Å²) in [6.45, 7) is 1.93. The minimum Gasteiger partial charge on any atom is -0.396 e. The highest BCUT2D eigenvalue weighted by Crippen LogP contribution is 2.33. The quantitative estimate of drug-likeness (QED) is 0.722. The van der Waals surface area contributed by atoms with Gasteiger partial charge in [0.1, 0.15) is 5.69 Å². The zero-order chi connectivity index (χ0) is 15.0. The number of rotatable bonds is 2. The second-order valence-electron chi connectivity index (χ2n) is 4.45. The Morgan fingerprint density at radius 1 is 1.19 bits per heavy atom. The molecule has 0 spiro atoms. The molecule has 0 saturated heterocycles. The number of pyridine rings is 1. The summed E-state index contributed by atoms with van der Waals surface area (Å²) >= 11 is 12.0. The lowest BCUT2D eigenvalue weighted by molar-refractivity contribution is 0.432. The van der Waals surface area contributed by atoms with Gasteiger partial charge in [0.25, 0.3) is 5.89 Å². The minimum atomic E-state index is 0.304. The van der Waals surface area contributed by atoms with E-state index in [4.69, 9.17) is 33.5 Å². The third kappa shape index (κ3) is 2.57. The second kappa shape index (κ2) is 5.35. The van der Waals surface area contributed by atoms with E-state index in [-0.39, 0.29) is 0 Å². The summed E-state index contributed by atoms with van der Waals surface area (Å²) in [7, 11) is 0. The molecule has 2 heterocycles. The number of hydrogen-bond donors (Lipinski definition) is 1. The fourth-order valence-electron chi connectivity index (χ4n) is 1.86. The summed E-state index contributed by atoms with van der Waals surface area (Å²) in [4.78, 5) is 8.57. The van der Waals surface area contributed by atoms with Crippen molar-refractivity contribution in [2.24, 2.45) is 0 Å². The number of aryl methyl sites for hydroxylation is 1. The van der Waals surface area contributed by atoms with Crippen molar-refractivity contribution in [1.29, 1.82) is 0 Å². The van der Waals surface area contributed by atoms with Crippen molar-refractivity contribution < 1.29 is 4.52 Å². The van der Waals surface area contributed by atoms with Crippen molar-refractivity contribution in [3.63, 3.8) is 0 Å². The summed E-state index contributed by atoms with van der Waals surface area (Å²) in [5.74, 6) is 0.714. The van der Waals surface area contributed by atoms with Crippen LogP contribution in [0.2, 0.25) is 10.0 Å². The summed E-state index contributed by atoms with van der Waals surface area (Å²) in [6, 6.07) is 7.03. The third-order valence-electron chi connectivity index (χ3n) is 2.97. The molecule has 1 aromatic carbocycles. The molecule has 21 heavy (non-hydrogen) atoms. The number of anilines is 1. The largest absolute Gasteiger partial charge is 0.396 e. The molecular formula is C14H10Cl2N4O. The Balaban J connectivity index is 2.05. The van der Waals surface area contributed by atoms with Gasteiger partial charge in [-0.15, -0.1) is 0 Å². The molecular weight excluding hydrogens is 311 g/mol. The number of nitrogens with zero attached hydrogens (tertiary/aromatic N) is 3. The van der Waals surface area contributed by atoms with Crippen LogP contribution < -0.4 is 5.73 Å². The molecule has 2 N–H and O–H groups in total. The molecule has 0 aliphatic rings. The molecule has 0 unspecified atom stereocenters. The Kier molecular flexibility index (Phi) is 3.53.